The van der Waals surface area contributed by atoms with Gasteiger partial charge in [-0.2, -0.15) is 17.5 Å². The molecule has 0 aliphatic carbocycles. The molecule has 1 atom stereocenters. The van der Waals surface area contributed by atoms with E-state index < -0.39 is 33.8 Å². The first-order valence-electron chi connectivity index (χ1n) is 8.83. The number of rotatable bonds is 3. The average Bonchev–Trinajstić information content (AvgIpc) is 3.06. The van der Waals surface area contributed by atoms with Gasteiger partial charge in [0.05, 0.1) is 5.71 Å². The highest BCUT2D eigenvalue weighted by Crippen LogP contribution is 2.49. The zero-order valence-corrected chi connectivity index (χ0v) is 18.9. The van der Waals surface area contributed by atoms with Crippen molar-refractivity contribution >= 4 is 44.5 Å². The number of hydrogen-bond acceptors (Lipinski definition) is 4. The van der Waals surface area contributed by atoms with Crippen LogP contribution in [0.1, 0.15) is 33.5 Å². The lowest BCUT2D eigenvalue weighted by atomic mass is 9.86. The molecule has 31 heavy (non-hydrogen) atoms. The van der Waals surface area contributed by atoms with Crippen LogP contribution in [0.15, 0.2) is 45.9 Å². The summed E-state index contributed by atoms with van der Waals surface area (Å²) in [6, 6.07) is 7.97. The molecule has 166 valence electrons. The lowest BCUT2D eigenvalue weighted by molar-refractivity contribution is -0.275. The fourth-order valence-electron chi connectivity index (χ4n) is 3.18. The molecule has 1 aliphatic rings. The van der Waals surface area contributed by atoms with E-state index in [4.69, 9.17) is 28.0 Å². The first-order valence-corrected chi connectivity index (χ1v) is 11.9. The quantitative estimate of drug-likeness (QED) is 0.547. The van der Waals surface area contributed by atoms with Crippen molar-refractivity contribution in [1.29, 1.82) is 0 Å². The second kappa shape index (κ2) is 8.11. The van der Waals surface area contributed by atoms with Crippen molar-refractivity contribution < 1.29 is 27.0 Å². The van der Waals surface area contributed by atoms with Crippen molar-refractivity contribution in [3.05, 3.63) is 68.7 Å². The third-order valence-electron chi connectivity index (χ3n) is 4.61. The number of alkyl halides is 3. The Balaban J connectivity index is 1.98. The molecular weight excluding hydrogens is 476 g/mol. The standard InChI is InChI=1S/C20H17Cl2F3N2O3S/c1-11-6-12(4-5-16(11)18(28)27-31(2,3)29)17-10-19(30-26-17,20(23,24)25)13-7-14(21)9-15(22)8-13/h4-9H,10H2,1-3H3. The maximum atomic E-state index is 14.1. The Labute approximate surface area is 187 Å². The second-order valence-electron chi connectivity index (χ2n) is 7.40. The first kappa shape index (κ1) is 23.6. The molecule has 11 heteroatoms. The number of carbonyl (C=O) groups excluding carboxylic acids is 1. The van der Waals surface area contributed by atoms with Crippen LogP contribution >= 0.6 is 23.2 Å². The number of halogens is 5. The van der Waals surface area contributed by atoms with Crippen LogP contribution in [0, 0.1) is 6.92 Å². The molecule has 0 radical (unpaired) electrons. The minimum Gasteiger partial charge on any atom is -0.374 e. The molecule has 0 spiro atoms. The third-order valence-corrected chi connectivity index (χ3v) is 5.65. The van der Waals surface area contributed by atoms with Gasteiger partial charge in [0.25, 0.3) is 11.5 Å². The van der Waals surface area contributed by atoms with Gasteiger partial charge in [0.2, 0.25) is 0 Å². The van der Waals surface area contributed by atoms with Crippen LogP contribution in [0.5, 0.6) is 0 Å². The van der Waals surface area contributed by atoms with Crippen LogP contribution in [0.3, 0.4) is 0 Å². The maximum Gasteiger partial charge on any atom is 0.435 e. The summed E-state index contributed by atoms with van der Waals surface area (Å²) in [6.07, 6.45) is -2.75. The molecule has 3 rings (SSSR count). The molecule has 1 heterocycles. The number of aryl methyl sites for hydroxylation is 1. The van der Waals surface area contributed by atoms with Crippen LogP contribution in [-0.4, -0.2) is 34.5 Å². The molecule has 2 aromatic rings. The topological polar surface area (TPSA) is 68.1 Å². The SMILES string of the molecule is Cc1cc(C2=NOC(c3cc(Cl)cc(Cl)c3)(C(F)(F)F)C2)ccc1C(=O)N=S(C)(C)=O. The zero-order chi connectivity index (χ0) is 23.2. The molecule has 0 N–H and O–H groups in total. The molecule has 1 unspecified atom stereocenters. The molecule has 1 amide bonds. The van der Waals surface area contributed by atoms with Gasteiger partial charge in [-0.25, -0.2) is 4.21 Å². The lowest BCUT2D eigenvalue weighted by Gasteiger charge is -2.29. The Morgan fingerprint density at radius 2 is 1.77 bits per heavy atom. The molecule has 0 bridgehead atoms. The highest BCUT2D eigenvalue weighted by Gasteiger charge is 2.62. The Kier molecular flexibility index (Phi) is 6.16. The predicted molar refractivity (Wildman–Crippen MR) is 114 cm³/mol. The zero-order valence-electron chi connectivity index (χ0n) is 16.6. The molecule has 0 saturated heterocycles. The highest BCUT2D eigenvalue weighted by atomic mass is 35.5. The number of hydrogen-bond donors (Lipinski definition) is 0. The van der Waals surface area contributed by atoms with Crippen LogP contribution in [-0.2, 0) is 20.2 Å². The van der Waals surface area contributed by atoms with E-state index in [0.29, 0.717) is 11.1 Å². The van der Waals surface area contributed by atoms with Crippen molar-refractivity contribution in [1.82, 2.24) is 0 Å². The largest absolute Gasteiger partial charge is 0.435 e. The number of benzene rings is 2. The van der Waals surface area contributed by atoms with E-state index in [1.165, 1.54) is 36.8 Å². The lowest BCUT2D eigenvalue weighted by Crippen LogP contribution is -2.42. The predicted octanol–water partition coefficient (Wildman–Crippen LogP) is 5.75. The molecule has 0 aromatic heterocycles. The van der Waals surface area contributed by atoms with Crippen LogP contribution in [0.25, 0.3) is 0 Å². The minimum atomic E-state index is -4.81. The summed E-state index contributed by atoms with van der Waals surface area (Å²) >= 11 is 11.8. The summed E-state index contributed by atoms with van der Waals surface area (Å²) in [5.41, 5.74) is -1.97. The number of nitrogens with zero attached hydrogens (tertiary/aromatic N) is 2. The van der Waals surface area contributed by atoms with Gasteiger partial charge in [-0.05, 0) is 48.4 Å². The van der Waals surface area contributed by atoms with E-state index in [2.05, 4.69) is 9.52 Å². The number of amides is 1. The molecule has 5 nitrogen and oxygen atoms in total. The highest BCUT2D eigenvalue weighted by molar-refractivity contribution is 7.92. The summed E-state index contributed by atoms with van der Waals surface area (Å²) in [7, 11) is -2.65. The summed E-state index contributed by atoms with van der Waals surface area (Å²) < 4.78 is 57.7. The maximum absolute atomic E-state index is 14.1. The van der Waals surface area contributed by atoms with Crippen molar-refractivity contribution in [2.24, 2.45) is 9.52 Å². The first-order chi connectivity index (χ1) is 14.2. The van der Waals surface area contributed by atoms with Crippen molar-refractivity contribution in [3.63, 3.8) is 0 Å². The van der Waals surface area contributed by atoms with Gasteiger partial charge in [-0.15, -0.1) is 0 Å². The van der Waals surface area contributed by atoms with Crippen LogP contribution in [0.2, 0.25) is 10.0 Å². The average molecular weight is 493 g/mol. The summed E-state index contributed by atoms with van der Waals surface area (Å²) in [6.45, 7) is 1.60. The summed E-state index contributed by atoms with van der Waals surface area (Å²) in [5, 5.41) is 3.77. The van der Waals surface area contributed by atoms with Gasteiger partial charge >= 0.3 is 6.18 Å². The van der Waals surface area contributed by atoms with E-state index in [9.17, 15) is 22.2 Å². The van der Waals surface area contributed by atoms with Gasteiger partial charge in [0, 0.05) is 49.8 Å². The molecule has 0 saturated carbocycles. The van der Waals surface area contributed by atoms with E-state index >= 15 is 0 Å². The fourth-order valence-corrected chi connectivity index (χ4v) is 4.20. The van der Waals surface area contributed by atoms with E-state index in [1.807, 2.05) is 0 Å². The molecule has 1 aliphatic heterocycles. The Morgan fingerprint density at radius 3 is 2.29 bits per heavy atom. The summed E-state index contributed by atoms with van der Waals surface area (Å²) in [5.74, 6) is -0.665. The number of oxime groups is 1. The number of carbonyl (C=O) groups is 1. The Hall–Kier alpha value is -2.10. The van der Waals surface area contributed by atoms with Gasteiger partial charge in [-0.3, -0.25) is 4.79 Å². The van der Waals surface area contributed by atoms with E-state index in [1.54, 1.807) is 6.92 Å². The molecule has 2 aromatic carbocycles. The summed E-state index contributed by atoms with van der Waals surface area (Å²) in [4.78, 5) is 17.2. The van der Waals surface area contributed by atoms with Gasteiger partial charge in [0.15, 0.2) is 0 Å². The van der Waals surface area contributed by atoms with Crippen molar-refractivity contribution in [2.75, 3.05) is 12.5 Å². The third kappa shape index (κ3) is 4.88. The Bertz CT molecular complexity index is 1190. The van der Waals surface area contributed by atoms with Crippen molar-refractivity contribution in [3.8, 4) is 0 Å². The Morgan fingerprint density at radius 1 is 1.16 bits per heavy atom. The smallest absolute Gasteiger partial charge is 0.374 e. The van der Waals surface area contributed by atoms with Gasteiger partial charge < -0.3 is 4.84 Å². The van der Waals surface area contributed by atoms with Gasteiger partial charge in [0.1, 0.15) is 0 Å². The van der Waals surface area contributed by atoms with Crippen molar-refractivity contribution in [2.45, 2.75) is 25.1 Å². The van der Waals surface area contributed by atoms with Crippen LogP contribution in [0.4, 0.5) is 13.2 Å². The molecular formula is C20H17Cl2F3N2O3S. The van der Waals surface area contributed by atoms with E-state index in [0.717, 1.165) is 12.1 Å². The van der Waals surface area contributed by atoms with Crippen LogP contribution < -0.4 is 0 Å². The molecule has 0 fully saturated rings. The van der Waals surface area contributed by atoms with E-state index in [-0.39, 0.29) is 26.9 Å². The fraction of sp³-hybridized carbons (Fsp3) is 0.300. The van der Waals surface area contributed by atoms with Gasteiger partial charge in [-0.1, -0.05) is 34.4 Å². The normalized spacial score (nSPS) is 19.0. The minimum absolute atomic E-state index is 0.0362. The monoisotopic (exact) mass is 492 g/mol. The second-order valence-corrected chi connectivity index (χ2v) is 10.8.